The average Bonchev–Trinajstić information content (AvgIpc) is 2.86. The van der Waals surface area contributed by atoms with Gasteiger partial charge < -0.3 is 9.84 Å². The zero-order valence-corrected chi connectivity index (χ0v) is 24.3. The zero-order valence-electron chi connectivity index (χ0n) is 24.3. The topological polar surface area (TPSA) is 63.6 Å². The number of ether oxygens (including phenoxy) is 1. The van der Waals surface area contributed by atoms with Gasteiger partial charge >= 0.3 is 11.9 Å². The summed E-state index contributed by atoms with van der Waals surface area (Å²) in [5, 5.41) is 8.63. The number of carboxylic acid groups (broad SMARTS) is 1. The Bertz CT molecular complexity index is 477. The third-order valence-electron chi connectivity index (χ3n) is 7.40. The maximum Gasteiger partial charge on any atom is 0.306 e. The molecule has 1 atom stereocenters. The molecule has 4 nitrogen and oxygen atoms in total. The van der Waals surface area contributed by atoms with Gasteiger partial charge in [0, 0.05) is 12.8 Å². The first kappa shape index (κ1) is 34.9. The minimum atomic E-state index is -0.676. The van der Waals surface area contributed by atoms with E-state index in [1.165, 1.54) is 109 Å². The third-order valence-corrected chi connectivity index (χ3v) is 7.40. The molecule has 1 N–H and O–H groups in total. The van der Waals surface area contributed by atoms with E-state index in [0.29, 0.717) is 12.8 Å². The summed E-state index contributed by atoms with van der Waals surface area (Å²) in [5.74, 6) is -0.668. The van der Waals surface area contributed by atoms with Crippen LogP contribution in [-0.4, -0.2) is 23.1 Å². The molecule has 0 rings (SSSR count). The van der Waals surface area contributed by atoms with Crippen molar-refractivity contribution in [2.45, 2.75) is 193 Å². The number of aliphatic carboxylic acids is 1. The van der Waals surface area contributed by atoms with Crippen molar-refractivity contribution in [3.05, 3.63) is 0 Å². The highest BCUT2D eigenvalue weighted by Gasteiger charge is 2.12. The van der Waals surface area contributed by atoms with E-state index < -0.39 is 5.97 Å². The van der Waals surface area contributed by atoms with Crippen LogP contribution in [0.5, 0.6) is 0 Å². The molecule has 0 aliphatic carbocycles. The van der Waals surface area contributed by atoms with Gasteiger partial charge in [-0.05, 0) is 32.1 Å². The molecule has 0 bridgehead atoms. The molecule has 0 fully saturated rings. The van der Waals surface area contributed by atoms with Gasteiger partial charge in [0.2, 0.25) is 0 Å². The molecule has 0 saturated carbocycles. The summed E-state index contributed by atoms with van der Waals surface area (Å²) < 4.78 is 5.74. The maximum atomic E-state index is 12.2. The summed E-state index contributed by atoms with van der Waals surface area (Å²) in [5.41, 5.74) is 0. The lowest BCUT2D eigenvalue weighted by Gasteiger charge is -2.16. The second kappa shape index (κ2) is 28.5. The quantitative estimate of drug-likeness (QED) is 0.0802. The van der Waals surface area contributed by atoms with Gasteiger partial charge in [0.05, 0.1) is 0 Å². The SMILES string of the molecule is CCCCCCCCCCCCCCCC(=O)OC(CC)CCCCCCCCCCCCC(=O)O. The highest BCUT2D eigenvalue weighted by Crippen LogP contribution is 2.16. The summed E-state index contributed by atoms with van der Waals surface area (Å²) in [6, 6.07) is 0. The van der Waals surface area contributed by atoms with E-state index in [2.05, 4.69) is 13.8 Å². The smallest absolute Gasteiger partial charge is 0.306 e. The van der Waals surface area contributed by atoms with Crippen LogP contribution in [0.4, 0.5) is 0 Å². The number of carboxylic acids is 1. The van der Waals surface area contributed by atoms with Gasteiger partial charge in [-0.15, -0.1) is 0 Å². The largest absolute Gasteiger partial charge is 0.481 e. The van der Waals surface area contributed by atoms with Crippen molar-refractivity contribution in [3.63, 3.8) is 0 Å². The highest BCUT2D eigenvalue weighted by molar-refractivity contribution is 5.69. The molecule has 0 aromatic heterocycles. The Balaban J connectivity index is 3.43. The van der Waals surface area contributed by atoms with E-state index in [-0.39, 0.29) is 12.1 Å². The van der Waals surface area contributed by atoms with Crippen LogP contribution in [0.15, 0.2) is 0 Å². The van der Waals surface area contributed by atoms with Gasteiger partial charge in [0.1, 0.15) is 6.10 Å². The van der Waals surface area contributed by atoms with E-state index in [1.54, 1.807) is 0 Å². The number of carbonyl (C=O) groups excluding carboxylic acids is 1. The Hall–Kier alpha value is -1.06. The molecule has 0 heterocycles. The Morgan fingerprint density at radius 3 is 1.28 bits per heavy atom. The van der Waals surface area contributed by atoms with Gasteiger partial charge in [-0.25, -0.2) is 0 Å². The number of rotatable bonds is 29. The predicted molar refractivity (Wildman–Crippen MR) is 154 cm³/mol. The molecule has 1 unspecified atom stereocenters. The average molecular weight is 511 g/mol. The summed E-state index contributed by atoms with van der Waals surface area (Å²) in [6.07, 6.45) is 31.9. The second-order valence-corrected chi connectivity index (χ2v) is 11.0. The molecule has 0 saturated heterocycles. The molecule has 0 aromatic carbocycles. The van der Waals surface area contributed by atoms with Crippen LogP contribution in [0, 0.1) is 0 Å². The Kier molecular flexibility index (Phi) is 27.7. The number of esters is 1. The predicted octanol–water partition coefficient (Wildman–Crippen LogP) is 10.6. The van der Waals surface area contributed by atoms with E-state index >= 15 is 0 Å². The van der Waals surface area contributed by atoms with Crippen LogP contribution in [0.1, 0.15) is 187 Å². The fraction of sp³-hybridized carbons (Fsp3) is 0.938. The van der Waals surface area contributed by atoms with E-state index in [1.807, 2.05) is 0 Å². The lowest BCUT2D eigenvalue weighted by molar-refractivity contribution is -0.149. The molecular weight excluding hydrogens is 448 g/mol. The van der Waals surface area contributed by atoms with Crippen LogP contribution < -0.4 is 0 Å². The maximum absolute atomic E-state index is 12.2. The number of carbonyl (C=O) groups is 2. The van der Waals surface area contributed by atoms with Crippen molar-refractivity contribution < 1.29 is 19.4 Å². The first-order valence-corrected chi connectivity index (χ1v) is 16.0. The monoisotopic (exact) mass is 510 g/mol. The molecule has 0 radical (unpaired) electrons. The summed E-state index contributed by atoms with van der Waals surface area (Å²) in [4.78, 5) is 22.7. The van der Waals surface area contributed by atoms with Crippen molar-refractivity contribution in [1.29, 1.82) is 0 Å². The van der Waals surface area contributed by atoms with Crippen molar-refractivity contribution in [3.8, 4) is 0 Å². The van der Waals surface area contributed by atoms with E-state index in [4.69, 9.17) is 9.84 Å². The molecule has 36 heavy (non-hydrogen) atoms. The van der Waals surface area contributed by atoms with Crippen LogP contribution in [0.25, 0.3) is 0 Å². The van der Waals surface area contributed by atoms with E-state index in [0.717, 1.165) is 51.4 Å². The highest BCUT2D eigenvalue weighted by atomic mass is 16.5. The minimum Gasteiger partial charge on any atom is -0.481 e. The molecule has 214 valence electrons. The lowest BCUT2D eigenvalue weighted by atomic mass is 10.0. The van der Waals surface area contributed by atoms with Gasteiger partial charge in [-0.3, -0.25) is 9.59 Å². The van der Waals surface area contributed by atoms with Gasteiger partial charge in [-0.2, -0.15) is 0 Å². The van der Waals surface area contributed by atoms with Crippen molar-refractivity contribution in [2.75, 3.05) is 0 Å². The van der Waals surface area contributed by atoms with Crippen LogP contribution in [-0.2, 0) is 14.3 Å². The molecule has 4 heteroatoms. The molecular formula is C32H62O4. The fourth-order valence-electron chi connectivity index (χ4n) is 4.94. The lowest BCUT2D eigenvalue weighted by Crippen LogP contribution is -2.17. The molecule has 0 amide bonds. The number of hydrogen-bond donors (Lipinski definition) is 1. The first-order valence-electron chi connectivity index (χ1n) is 16.0. The standard InChI is InChI=1S/C32H62O4/c1-3-5-6-7-8-9-10-11-12-17-20-23-26-29-32(35)36-30(4-2)27-24-21-18-15-13-14-16-19-22-25-28-31(33)34/h30H,3-29H2,1-2H3,(H,33,34). The fourth-order valence-corrected chi connectivity index (χ4v) is 4.94. The minimum absolute atomic E-state index is 0.00766. The molecule has 0 aromatic rings. The zero-order chi connectivity index (χ0) is 26.5. The van der Waals surface area contributed by atoms with Gasteiger partial charge in [0.15, 0.2) is 0 Å². The molecule has 0 spiro atoms. The summed E-state index contributed by atoms with van der Waals surface area (Å²) >= 11 is 0. The van der Waals surface area contributed by atoms with Crippen molar-refractivity contribution >= 4 is 11.9 Å². The molecule has 0 aliphatic rings. The van der Waals surface area contributed by atoms with Crippen molar-refractivity contribution in [2.24, 2.45) is 0 Å². The Morgan fingerprint density at radius 2 is 0.889 bits per heavy atom. The summed E-state index contributed by atoms with van der Waals surface area (Å²) in [6.45, 7) is 4.40. The molecule has 0 aliphatic heterocycles. The first-order chi connectivity index (χ1) is 17.6. The number of unbranched alkanes of at least 4 members (excludes halogenated alkanes) is 21. The van der Waals surface area contributed by atoms with Crippen molar-refractivity contribution in [1.82, 2.24) is 0 Å². The third kappa shape index (κ3) is 27.5. The van der Waals surface area contributed by atoms with E-state index in [9.17, 15) is 9.59 Å². The second-order valence-electron chi connectivity index (χ2n) is 11.0. The van der Waals surface area contributed by atoms with Gasteiger partial charge in [0.25, 0.3) is 0 Å². The summed E-state index contributed by atoms with van der Waals surface area (Å²) in [7, 11) is 0. The van der Waals surface area contributed by atoms with Crippen LogP contribution >= 0.6 is 0 Å². The Morgan fingerprint density at radius 1 is 0.528 bits per heavy atom. The van der Waals surface area contributed by atoms with Gasteiger partial charge in [-0.1, -0.05) is 142 Å². The number of hydrogen-bond acceptors (Lipinski definition) is 3. The normalized spacial score (nSPS) is 12.1. The van der Waals surface area contributed by atoms with Crippen LogP contribution in [0.2, 0.25) is 0 Å². The van der Waals surface area contributed by atoms with Crippen LogP contribution in [0.3, 0.4) is 0 Å². The Labute approximate surface area is 224 Å².